The molecule has 0 bridgehead atoms. The van der Waals surface area contributed by atoms with Crippen molar-refractivity contribution < 1.29 is 14.0 Å². The van der Waals surface area contributed by atoms with Gasteiger partial charge < -0.3 is 15.5 Å². The quantitative estimate of drug-likeness (QED) is 0.887. The van der Waals surface area contributed by atoms with Gasteiger partial charge in [-0.15, -0.1) is 0 Å². The van der Waals surface area contributed by atoms with Gasteiger partial charge in [0.15, 0.2) is 0 Å². The zero-order valence-corrected chi connectivity index (χ0v) is 13.9. The van der Waals surface area contributed by atoms with Gasteiger partial charge in [-0.1, -0.05) is 12.1 Å². The van der Waals surface area contributed by atoms with Crippen LogP contribution in [0.5, 0.6) is 0 Å². The summed E-state index contributed by atoms with van der Waals surface area (Å²) >= 11 is 0. The largest absolute Gasteiger partial charge is 0.354 e. The summed E-state index contributed by atoms with van der Waals surface area (Å²) in [7, 11) is 0. The number of hydrogen-bond acceptors (Lipinski definition) is 3. The van der Waals surface area contributed by atoms with Crippen LogP contribution in [0.4, 0.5) is 9.18 Å². The second-order valence-corrected chi connectivity index (χ2v) is 5.97. The number of halogens is 1. The molecule has 1 aromatic heterocycles. The van der Waals surface area contributed by atoms with Crippen LogP contribution in [0.15, 0.2) is 36.7 Å². The molecule has 0 saturated carbocycles. The fourth-order valence-corrected chi connectivity index (χ4v) is 2.67. The summed E-state index contributed by atoms with van der Waals surface area (Å²) in [6.07, 6.45) is 3.99. The highest BCUT2D eigenvalue weighted by molar-refractivity contribution is 5.84. The van der Waals surface area contributed by atoms with Crippen molar-refractivity contribution in [2.24, 2.45) is 0 Å². The Hall–Kier alpha value is -2.90. The summed E-state index contributed by atoms with van der Waals surface area (Å²) < 4.78 is 15.3. The minimum absolute atomic E-state index is 0.0487. The summed E-state index contributed by atoms with van der Waals surface area (Å²) in [5, 5.41) is 9.75. The van der Waals surface area contributed by atoms with Gasteiger partial charge in [0.2, 0.25) is 5.91 Å². The topological polar surface area (TPSA) is 79.3 Å². The lowest BCUT2D eigenvalue weighted by atomic mass is 10.2. The number of hydrogen-bond donors (Lipinski definition) is 2. The summed E-state index contributed by atoms with van der Waals surface area (Å²) in [5.41, 5.74) is 1.09. The smallest absolute Gasteiger partial charge is 0.318 e. The second kappa shape index (κ2) is 7.33. The third-order valence-electron chi connectivity index (χ3n) is 4.09. The van der Waals surface area contributed by atoms with Crippen LogP contribution in [-0.2, 0) is 4.79 Å². The van der Waals surface area contributed by atoms with E-state index < -0.39 is 0 Å². The van der Waals surface area contributed by atoms with Crippen LogP contribution in [0.2, 0.25) is 0 Å². The van der Waals surface area contributed by atoms with Gasteiger partial charge in [0.1, 0.15) is 18.0 Å². The monoisotopic (exact) mass is 345 g/mol. The minimum Gasteiger partial charge on any atom is -0.354 e. The number of aromatic nitrogens is 2. The molecule has 1 fully saturated rings. The number of nitrogens with one attached hydrogen (secondary N) is 2. The number of carbonyl (C=O) groups excluding carboxylic acids is 2. The number of benzene rings is 1. The van der Waals surface area contributed by atoms with Crippen LogP contribution >= 0.6 is 0 Å². The first-order valence-corrected chi connectivity index (χ1v) is 8.16. The Morgan fingerprint density at radius 1 is 1.40 bits per heavy atom. The van der Waals surface area contributed by atoms with Crippen molar-refractivity contribution in [3.63, 3.8) is 0 Å². The van der Waals surface area contributed by atoms with Crippen LogP contribution in [-0.4, -0.2) is 46.3 Å². The highest BCUT2D eigenvalue weighted by atomic mass is 19.1. The van der Waals surface area contributed by atoms with Gasteiger partial charge in [-0.05, 0) is 25.5 Å². The average molecular weight is 345 g/mol. The SMILES string of the molecule is C[C@H](NC(=O)N1CCCNC(=O)C1)c1cnn(-c2ccccc2F)c1. The first kappa shape index (κ1) is 16.9. The van der Waals surface area contributed by atoms with Crippen LogP contribution in [0.3, 0.4) is 0 Å². The van der Waals surface area contributed by atoms with Gasteiger partial charge in [-0.25, -0.2) is 13.9 Å². The van der Waals surface area contributed by atoms with E-state index in [1.807, 2.05) is 6.92 Å². The summed E-state index contributed by atoms with van der Waals surface area (Å²) in [4.78, 5) is 25.4. The van der Waals surface area contributed by atoms with E-state index in [1.54, 1.807) is 30.6 Å². The van der Waals surface area contributed by atoms with Crippen LogP contribution in [0.25, 0.3) is 5.69 Å². The number of para-hydroxylation sites is 1. The Balaban J connectivity index is 1.67. The molecular weight excluding hydrogens is 325 g/mol. The third-order valence-corrected chi connectivity index (χ3v) is 4.09. The number of amides is 3. The lowest BCUT2D eigenvalue weighted by molar-refractivity contribution is -0.121. The van der Waals surface area contributed by atoms with E-state index in [2.05, 4.69) is 15.7 Å². The average Bonchev–Trinajstić information content (AvgIpc) is 2.97. The fourth-order valence-electron chi connectivity index (χ4n) is 2.67. The normalized spacial score (nSPS) is 16.1. The van der Waals surface area contributed by atoms with Crippen molar-refractivity contribution in [3.8, 4) is 5.69 Å². The van der Waals surface area contributed by atoms with Gasteiger partial charge in [0, 0.05) is 24.8 Å². The molecule has 3 rings (SSSR count). The second-order valence-electron chi connectivity index (χ2n) is 5.97. The first-order chi connectivity index (χ1) is 12.0. The Morgan fingerprint density at radius 3 is 3.00 bits per heavy atom. The summed E-state index contributed by atoms with van der Waals surface area (Å²) in [6, 6.07) is 5.72. The van der Waals surface area contributed by atoms with Gasteiger partial charge >= 0.3 is 6.03 Å². The van der Waals surface area contributed by atoms with E-state index in [1.165, 1.54) is 15.6 Å². The zero-order valence-electron chi connectivity index (χ0n) is 13.9. The molecule has 0 unspecified atom stereocenters. The van der Waals surface area contributed by atoms with Crippen molar-refractivity contribution in [2.45, 2.75) is 19.4 Å². The predicted octanol–water partition coefficient (Wildman–Crippen LogP) is 1.60. The molecular formula is C17H20FN5O2. The Bertz CT molecular complexity index is 776. The molecule has 1 aliphatic heterocycles. The van der Waals surface area contributed by atoms with Crippen LogP contribution in [0.1, 0.15) is 24.9 Å². The molecule has 8 heteroatoms. The van der Waals surface area contributed by atoms with Gasteiger partial charge in [-0.2, -0.15) is 5.10 Å². The molecule has 132 valence electrons. The summed E-state index contributed by atoms with van der Waals surface area (Å²) in [5.74, 6) is -0.530. The number of rotatable bonds is 3. The van der Waals surface area contributed by atoms with E-state index in [-0.39, 0.29) is 30.3 Å². The Morgan fingerprint density at radius 2 is 2.20 bits per heavy atom. The molecule has 0 aliphatic carbocycles. The Kier molecular flexibility index (Phi) is 4.97. The molecule has 3 amide bonds. The maximum atomic E-state index is 13.8. The standard InChI is InChI=1S/C17H20FN5O2/c1-12(21-17(25)22-8-4-7-19-16(24)11-22)13-9-20-23(10-13)15-6-3-2-5-14(15)18/h2-3,5-6,9-10,12H,4,7-8,11H2,1H3,(H,19,24)(H,21,25)/t12-/m0/s1. The van der Waals surface area contributed by atoms with Crippen molar-refractivity contribution in [1.29, 1.82) is 0 Å². The lowest BCUT2D eigenvalue weighted by Crippen LogP contribution is -2.44. The fraction of sp³-hybridized carbons (Fsp3) is 0.353. The van der Waals surface area contributed by atoms with Crippen LogP contribution < -0.4 is 10.6 Å². The van der Waals surface area contributed by atoms with Crippen molar-refractivity contribution in [3.05, 3.63) is 48.0 Å². The van der Waals surface area contributed by atoms with E-state index in [0.29, 0.717) is 18.8 Å². The highest BCUT2D eigenvalue weighted by Crippen LogP contribution is 2.17. The maximum Gasteiger partial charge on any atom is 0.318 e. The van der Waals surface area contributed by atoms with Crippen molar-refractivity contribution in [2.75, 3.05) is 19.6 Å². The number of nitrogens with zero attached hydrogens (tertiary/aromatic N) is 3. The molecule has 2 N–H and O–H groups in total. The van der Waals surface area contributed by atoms with Gasteiger partial charge in [0.25, 0.3) is 0 Å². The van der Waals surface area contributed by atoms with E-state index in [9.17, 15) is 14.0 Å². The minimum atomic E-state index is -0.371. The summed E-state index contributed by atoms with van der Waals surface area (Å²) in [6.45, 7) is 2.96. The maximum absolute atomic E-state index is 13.8. The molecule has 1 aliphatic rings. The molecule has 2 aromatic rings. The molecule has 0 spiro atoms. The highest BCUT2D eigenvalue weighted by Gasteiger charge is 2.21. The van der Waals surface area contributed by atoms with Gasteiger partial charge in [0.05, 0.1) is 12.2 Å². The van der Waals surface area contributed by atoms with E-state index in [4.69, 9.17) is 0 Å². The Labute approximate surface area is 144 Å². The molecule has 0 radical (unpaired) electrons. The predicted molar refractivity (Wildman–Crippen MR) is 89.7 cm³/mol. The van der Waals surface area contributed by atoms with Crippen molar-refractivity contribution >= 4 is 11.9 Å². The lowest BCUT2D eigenvalue weighted by Gasteiger charge is -2.22. The molecule has 7 nitrogen and oxygen atoms in total. The number of carbonyl (C=O) groups is 2. The van der Waals surface area contributed by atoms with Crippen LogP contribution in [0, 0.1) is 5.82 Å². The molecule has 25 heavy (non-hydrogen) atoms. The van der Waals surface area contributed by atoms with Crippen molar-refractivity contribution in [1.82, 2.24) is 25.3 Å². The zero-order chi connectivity index (χ0) is 17.8. The first-order valence-electron chi connectivity index (χ1n) is 8.16. The molecule has 1 aromatic carbocycles. The molecule has 1 atom stereocenters. The van der Waals surface area contributed by atoms with E-state index in [0.717, 1.165) is 12.0 Å². The molecule has 1 saturated heterocycles. The number of urea groups is 1. The van der Waals surface area contributed by atoms with E-state index >= 15 is 0 Å². The van der Waals surface area contributed by atoms with Gasteiger partial charge in [-0.3, -0.25) is 4.79 Å². The molecule has 2 heterocycles. The third kappa shape index (κ3) is 3.96.